The van der Waals surface area contributed by atoms with Crippen molar-refractivity contribution in [3.8, 4) is 5.75 Å². The van der Waals surface area contributed by atoms with Gasteiger partial charge in [-0.2, -0.15) is 0 Å². The second kappa shape index (κ2) is 4.88. The minimum atomic E-state index is 0.599. The third kappa shape index (κ3) is 2.50. The Morgan fingerprint density at radius 1 is 1.12 bits per heavy atom. The molecule has 1 heterocycles. The molecule has 1 aromatic heterocycles. The molecule has 0 aliphatic heterocycles. The molecular weight excluding hydrogens is 230 g/mol. The van der Waals surface area contributed by atoms with Crippen LogP contribution in [0.5, 0.6) is 5.75 Å². The number of ether oxygens (including phenoxy) is 1. The van der Waals surface area contributed by atoms with Crippen molar-refractivity contribution in [2.45, 2.75) is 32.3 Å². The van der Waals surface area contributed by atoms with Gasteiger partial charge in [-0.15, -0.1) is 11.3 Å². The van der Waals surface area contributed by atoms with Crippen LogP contribution in [0.15, 0.2) is 30.3 Å². The molecule has 0 bridgehead atoms. The topological polar surface area (TPSA) is 22.1 Å². The number of fused-ring (bicyclic) bond motifs is 1. The van der Waals surface area contributed by atoms with Gasteiger partial charge in [0, 0.05) is 4.88 Å². The van der Waals surface area contributed by atoms with Crippen LogP contribution in [-0.4, -0.2) is 4.98 Å². The monoisotopic (exact) mass is 245 g/mol. The van der Waals surface area contributed by atoms with Crippen molar-refractivity contribution in [2.24, 2.45) is 0 Å². The van der Waals surface area contributed by atoms with Gasteiger partial charge in [0.1, 0.15) is 17.4 Å². The van der Waals surface area contributed by atoms with E-state index in [4.69, 9.17) is 4.74 Å². The summed E-state index contributed by atoms with van der Waals surface area (Å²) in [6, 6.07) is 9.93. The summed E-state index contributed by atoms with van der Waals surface area (Å²) in [6.45, 7) is 0.599. The molecule has 1 aliphatic rings. The number of hydrogen-bond donors (Lipinski definition) is 0. The van der Waals surface area contributed by atoms with E-state index < -0.39 is 0 Å². The molecule has 0 saturated carbocycles. The molecule has 2 aromatic rings. The highest BCUT2D eigenvalue weighted by Crippen LogP contribution is 2.27. The first-order valence-corrected chi connectivity index (χ1v) is 6.89. The minimum Gasteiger partial charge on any atom is -0.486 e. The number of benzene rings is 1. The SMILES string of the molecule is c1ccc(OCc2nc3c(s2)CCCC3)cc1. The van der Waals surface area contributed by atoms with Crippen LogP contribution in [0.3, 0.4) is 0 Å². The normalized spacial score (nSPS) is 14.4. The zero-order valence-electron chi connectivity index (χ0n) is 9.69. The predicted molar refractivity (Wildman–Crippen MR) is 69.5 cm³/mol. The Balaban J connectivity index is 1.67. The Morgan fingerprint density at radius 2 is 1.94 bits per heavy atom. The number of hydrogen-bond acceptors (Lipinski definition) is 3. The Kier molecular flexibility index (Phi) is 3.10. The van der Waals surface area contributed by atoms with E-state index in [-0.39, 0.29) is 0 Å². The van der Waals surface area contributed by atoms with E-state index in [0.717, 1.165) is 17.2 Å². The van der Waals surface area contributed by atoms with Crippen LogP contribution in [0.25, 0.3) is 0 Å². The summed E-state index contributed by atoms with van der Waals surface area (Å²) in [5.41, 5.74) is 1.31. The molecule has 0 spiro atoms. The Labute approximate surface area is 105 Å². The van der Waals surface area contributed by atoms with E-state index in [1.54, 1.807) is 0 Å². The van der Waals surface area contributed by atoms with Crippen molar-refractivity contribution in [3.05, 3.63) is 45.9 Å². The summed E-state index contributed by atoms with van der Waals surface area (Å²) in [5, 5.41) is 1.11. The van der Waals surface area contributed by atoms with Gasteiger partial charge < -0.3 is 4.74 Å². The maximum Gasteiger partial charge on any atom is 0.140 e. The largest absolute Gasteiger partial charge is 0.486 e. The zero-order valence-corrected chi connectivity index (χ0v) is 10.5. The fraction of sp³-hybridized carbons (Fsp3) is 0.357. The summed E-state index contributed by atoms with van der Waals surface area (Å²) < 4.78 is 5.72. The highest BCUT2D eigenvalue weighted by molar-refractivity contribution is 7.11. The van der Waals surface area contributed by atoms with E-state index in [1.165, 1.54) is 29.8 Å². The third-order valence-corrected chi connectivity index (χ3v) is 4.13. The molecule has 0 saturated heterocycles. The molecular formula is C14H15NOS. The molecule has 0 N–H and O–H groups in total. The average Bonchev–Trinajstić information content (AvgIpc) is 2.80. The van der Waals surface area contributed by atoms with Crippen LogP contribution < -0.4 is 4.74 Å². The van der Waals surface area contributed by atoms with E-state index >= 15 is 0 Å². The Morgan fingerprint density at radius 3 is 2.76 bits per heavy atom. The number of para-hydroxylation sites is 1. The standard InChI is InChI=1S/C14H15NOS/c1-2-6-11(7-3-1)16-10-14-15-12-8-4-5-9-13(12)17-14/h1-3,6-7H,4-5,8-10H2. The van der Waals surface area contributed by atoms with Gasteiger partial charge in [0.15, 0.2) is 0 Å². The fourth-order valence-electron chi connectivity index (χ4n) is 2.13. The summed E-state index contributed by atoms with van der Waals surface area (Å²) in [5.74, 6) is 0.917. The van der Waals surface area contributed by atoms with Gasteiger partial charge in [0.2, 0.25) is 0 Å². The van der Waals surface area contributed by atoms with Crippen molar-refractivity contribution >= 4 is 11.3 Å². The molecule has 0 radical (unpaired) electrons. The number of thiazole rings is 1. The van der Waals surface area contributed by atoms with Gasteiger partial charge in [-0.05, 0) is 37.8 Å². The molecule has 2 nitrogen and oxygen atoms in total. The smallest absolute Gasteiger partial charge is 0.140 e. The van der Waals surface area contributed by atoms with E-state index in [2.05, 4.69) is 4.98 Å². The second-order valence-corrected chi connectivity index (χ2v) is 5.45. The third-order valence-electron chi connectivity index (χ3n) is 3.00. The molecule has 0 atom stereocenters. The van der Waals surface area contributed by atoms with Crippen molar-refractivity contribution < 1.29 is 4.74 Å². The van der Waals surface area contributed by atoms with Crippen LogP contribution in [0.4, 0.5) is 0 Å². The Hall–Kier alpha value is -1.35. The first-order valence-electron chi connectivity index (χ1n) is 6.07. The molecule has 88 valence electrons. The summed E-state index contributed by atoms with van der Waals surface area (Å²) >= 11 is 1.82. The average molecular weight is 245 g/mol. The first kappa shape index (κ1) is 10.8. The second-order valence-electron chi connectivity index (χ2n) is 4.29. The van der Waals surface area contributed by atoms with E-state index in [0.29, 0.717) is 6.61 Å². The molecule has 17 heavy (non-hydrogen) atoms. The first-order chi connectivity index (χ1) is 8.42. The molecule has 1 aliphatic carbocycles. The lowest BCUT2D eigenvalue weighted by atomic mass is 10.0. The van der Waals surface area contributed by atoms with Crippen LogP contribution >= 0.6 is 11.3 Å². The highest BCUT2D eigenvalue weighted by Gasteiger charge is 2.14. The number of aryl methyl sites for hydroxylation is 2. The van der Waals surface area contributed by atoms with Gasteiger partial charge >= 0.3 is 0 Å². The molecule has 0 amide bonds. The number of rotatable bonds is 3. The molecule has 0 fully saturated rings. The van der Waals surface area contributed by atoms with E-state index in [1.807, 2.05) is 41.7 Å². The van der Waals surface area contributed by atoms with Crippen LogP contribution in [-0.2, 0) is 19.4 Å². The van der Waals surface area contributed by atoms with Gasteiger partial charge in [0.25, 0.3) is 0 Å². The predicted octanol–water partition coefficient (Wildman–Crippen LogP) is 3.60. The fourth-order valence-corrected chi connectivity index (χ4v) is 3.20. The quantitative estimate of drug-likeness (QED) is 0.824. The van der Waals surface area contributed by atoms with Gasteiger partial charge in [-0.1, -0.05) is 18.2 Å². The van der Waals surface area contributed by atoms with Gasteiger partial charge in [0.05, 0.1) is 5.69 Å². The summed E-state index contributed by atoms with van der Waals surface area (Å²) in [7, 11) is 0. The van der Waals surface area contributed by atoms with E-state index in [9.17, 15) is 0 Å². The molecule has 3 rings (SSSR count). The zero-order chi connectivity index (χ0) is 11.5. The molecule has 1 aromatic carbocycles. The number of nitrogens with zero attached hydrogens (tertiary/aromatic N) is 1. The molecule has 0 unspecified atom stereocenters. The van der Waals surface area contributed by atoms with Crippen molar-refractivity contribution in [1.29, 1.82) is 0 Å². The maximum absolute atomic E-state index is 5.72. The lowest BCUT2D eigenvalue weighted by molar-refractivity contribution is 0.305. The lowest BCUT2D eigenvalue weighted by Gasteiger charge is -2.06. The van der Waals surface area contributed by atoms with Crippen molar-refractivity contribution in [3.63, 3.8) is 0 Å². The van der Waals surface area contributed by atoms with Crippen molar-refractivity contribution in [2.75, 3.05) is 0 Å². The maximum atomic E-state index is 5.72. The van der Waals surface area contributed by atoms with Gasteiger partial charge in [-0.25, -0.2) is 4.98 Å². The van der Waals surface area contributed by atoms with Gasteiger partial charge in [-0.3, -0.25) is 0 Å². The number of aromatic nitrogens is 1. The highest BCUT2D eigenvalue weighted by atomic mass is 32.1. The van der Waals surface area contributed by atoms with Crippen molar-refractivity contribution in [1.82, 2.24) is 4.98 Å². The Bertz CT molecular complexity index is 469. The minimum absolute atomic E-state index is 0.599. The molecule has 3 heteroatoms. The summed E-state index contributed by atoms with van der Waals surface area (Å²) in [6.07, 6.45) is 4.96. The summed E-state index contributed by atoms with van der Waals surface area (Å²) in [4.78, 5) is 6.13. The van der Waals surface area contributed by atoms with Crippen LogP contribution in [0.2, 0.25) is 0 Å². The lowest BCUT2D eigenvalue weighted by Crippen LogP contribution is -1.99. The van der Waals surface area contributed by atoms with Crippen LogP contribution in [0, 0.1) is 0 Å². The van der Waals surface area contributed by atoms with Crippen LogP contribution in [0.1, 0.15) is 28.4 Å².